The molecule has 1 aromatic rings. The van der Waals surface area contributed by atoms with Crippen LogP contribution in [-0.2, 0) is 15.0 Å². The molecule has 0 saturated heterocycles. The average Bonchev–Trinajstić information content (AvgIpc) is 3.25. The molecular formula is C15H18O5S. The average molecular weight is 310 g/mol. The summed E-state index contributed by atoms with van der Waals surface area (Å²) in [5.41, 5.74) is 0.282. The Morgan fingerprint density at radius 2 is 2.00 bits per heavy atom. The molecule has 0 amide bonds. The summed E-state index contributed by atoms with van der Waals surface area (Å²) in [5.74, 6) is -0.757. The van der Waals surface area contributed by atoms with Crippen molar-refractivity contribution in [2.75, 3.05) is 5.75 Å². The van der Waals surface area contributed by atoms with Crippen molar-refractivity contribution in [3.63, 3.8) is 0 Å². The molecule has 5 nitrogen and oxygen atoms in total. The zero-order chi connectivity index (χ0) is 15.6. The Kier molecular flexibility index (Phi) is 4.70. The van der Waals surface area contributed by atoms with Crippen LogP contribution in [0.1, 0.15) is 37.0 Å². The number of hydrogen-bond donors (Lipinski definition) is 3. The smallest absolute Gasteiger partial charge is 0.314 e. The maximum atomic E-state index is 11.3. The predicted molar refractivity (Wildman–Crippen MR) is 79.1 cm³/mol. The van der Waals surface area contributed by atoms with Crippen LogP contribution < -0.4 is 0 Å². The lowest BCUT2D eigenvalue weighted by atomic mass is 9.92. The second kappa shape index (κ2) is 6.17. The van der Waals surface area contributed by atoms with Crippen LogP contribution in [0, 0.1) is 0 Å². The lowest BCUT2D eigenvalue weighted by molar-refractivity contribution is -0.140. The van der Waals surface area contributed by atoms with Gasteiger partial charge < -0.3 is 15.3 Å². The summed E-state index contributed by atoms with van der Waals surface area (Å²) < 4.78 is 0. The van der Waals surface area contributed by atoms with Crippen LogP contribution in [0.4, 0.5) is 0 Å². The minimum atomic E-state index is -1.14. The topological polar surface area (TPSA) is 94.8 Å². The van der Waals surface area contributed by atoms with Gasteiger partial charge in [-0.1, -0.05) is 36.0 Å². The van der Waals surface area contributed by atoms with Crippen molar-refractivity contribution in [2.45, 2.75) is 37.4 Å². The van der Waals surface area contributed by atoms with Gasteiger partial charge in [0.1, 0.15) is 6.10 Å². The molecule has 21 heavy (non-hydrogen) atoms. The predicted octanol–water partition coefficient (Wildman–Crippen LogP) is 1.48. The highest BCUT2D eigenvalue weighted by Gasteiger charge is 2.51. The van der Waals surface area contributed by atoms with E-state index in [1.54, 1.807) is 24.3 Å². The summed E-state index contributed by atoms with van der Waals surface area (Å²) >= 11 is 0.946. The molecule has 1 aliphatic carbocycles. The Morgan fingerprint density at radius 3 is 2.52 bits per heavy atom. The summed E-state index contributed by atoms with van der Waals surface area (Å²) in [6.07, 6.45) is -1.04. The number of carbonyl (C=O) groups is 2. The third kappa shape index (κ3) is 3.45. The maximum Gasteiger partial charge on any atom is 0.314 e. The van der Waals surface area contributed by atoms with Crippen LogP contribution in [0.15, 0.2) is 24.3 Å². The van der Waals surface area contributed by atoms with Gasteiger partial charge in [-0.15, -0.1) is 0 Å². The number of thioether (sulfide) groups is 1. The van der Waals surface area contributed by atoms with E-state index in [0.717, 1.165) is 11.8 Å². The lowest BCUT2D eigenvalue weighted by Crippen LogP contribution is -2.23. The van der Waals surface area contributed by atoms with Crippen molar-refractivity contribution in [1.29, 1.82) is 0 Å². The number of carboxylic acids is 1. The SMILES string of the molecule is CC(=O)SCC(O)C(O)c1cccc(C2(C(=O)O)CC2)c1. The quantitative estimate of drug-likeness (QED) is 0.736. The molecule has 0 spiro atoms. The number of benzene rings is 1. The molecule has 0 aromatic heterocycles. The first-order chi connectivity index (χ1) is 9.86. The number of aliphatic hydroxyl groups is 2. The van der Waals surface area contributed by atoms with Crippen molar-refractivity contribution >= 4 is 22.8 Å². The standard InChI is InChI=1S/C15H18O5S/c1-9(16)21-8-12(17)13(18)10-3-2-4-11(7-10)15(5-6-15)14(19)20/h2-4,7,12-13,17-18H,5-6,8H2,1H3,(H,19,20). The van der Waals surface area contributed by atoms with Gasteiger partial charge in [-0.3, -0.25) is 9.59 Å². The van der Waals surface area contributed by atoms with Crippen molar-refractivity contribution in [3.8, 4) is 0 Å². The number of aliphatic hydroxyl groups excluding tert-OH is 2. The minimum absolute atomic E-state index is 0.102. The molecule has 1 fully saturated rings. The number of rotatable bonds is 6. The molecule has 0 radical (unpaired) electrons. The van der Waals surface area contributed by atoms with Gasteiger partial charge in [0.2, 0.25) is 0 Å². The molecule has 2 rings (SSSR count). The first-order valence-electron chi connectivity index (χ1n) is 6.70. The fourth-order valence-electron chi connectivity index (χ4n) is 2.29. The third-order valence-electron chi connectivity index (χ3n) is 3.76. The van der Waals surface area contributed by atoms with Crippen LogP contribution in [0.25, 0.3) is 0 Å². The summed E-state index contributed by atoms with van der Waals surface area (Å²) in [6.45, 7) is 1.40. The Morgan fingerprint density at radius 1 is 1.33 bits per heavy atom. The van der Waals surface area contributed by atoms with Crippen LogP contribution >= 0.6 is 11.8 Å². The van der Waals surface area contributed by atoms with Gasteiger partial charge in [0.05, 0.1) is 11.5 Å². The molecule has 114 valence electrons. The van der Waals surface area contributed by atoms with Crippen molar-refractivity contribution in [3.05, 3.63) is 35.4 Å². The van der Waals surface area contributed by atoms with E-state index < -0.39 is 23.6 Å². The molecule has 1 aliphatic rings. The number of aliphatic carboxylic acids is 1. The molecule has 3 N–H and O–H groups in total. The Labute approximate surface area is 127 Å². The molecule has 1 saturated carbocycles. The van der Waals surface area contributed by atoms with E-state index in [-0.39, 0.29) is 10.9 Å². The first-order valence-corrected chi connectivity index (χ1v) is 7.69. The first kappa shape index (κ1) is 16.0. The van der Waals surface area contributed by atoms with Crippen molar-refractivity contribution in [2.24, 2.45) is 0 Å². The fraction of sp³-hybridized carbons (Fsp3) is 0.467. The number of hydrogen-bond acceptors (Lipinski definition) is 5. The molecule has 2 unspecified atom stereocenters. The Hall–Kier alpha value is -1.37. The molecule has 6 heteroatoms. The maximum absolute atomic E-state index is 11.3. The summed E-state index contributed by atoms with van der Waals surface area (Å²) in [5, 5.41) is 29.2. The van der Waals surface area contributed by atoms with Crippen LogP contribution in [-0.4, -0.2) is 38.3 Å². The van der Waals surface area contributed by atoms with E-state index >= 15 is 0 Å². The summed E-state index contributed by atoms with van der Waals surface area (Å²) in [6, 6.07) is 6.69. The van der Waals surface area contributed by atoms with Gasteiger partial charge in [0, 0.05) is 12.7 Å². The second-order valence-corrected chi connectivity index (χ2v) is 6.52. The van der Waals surface area contributed by atoms with E-state index in [9.17, 15) is 24.9 Å². The Balaban J connectivity index is 2.14. The lowest BCUT2D eigenvalue weighted by Gasteiger charge is -2.19. The van der Waals surface area contributed by atoms with Gasteiger partial charge in [0.15, 0.2) is 5.12 Å². The van der Waals surface area contributed by atoms with Crippen molar-refractivity contribution in [1.82, 2.24) is 0 Å². The van der Waals surface area contributed by atoms with Gasteiger partial charge in [-0.05, 0) is 24.0 Å². The summed E-state index contributed by atoms with van der Waals surface area (Å²) in [7, 11) is 0. The molecule has 1 aromatic carbocycles. The second-order valence-electron chi connectivity index (χ2n) is 5.33. The third-order valence-corrected chi connectivity index (χ3v) is 4.68. The highest BCUT2D eigenvalue weighted by atomic mass is 32.2. The van der Waals surface area contributed by atoms with E-state index in [4.69, 9.17) is 0 Å². The van der Waals surface area contributed by atoms with Gasteiger partial charge >= 0.3 is 5.97 Å². The highest BCUT2D eigenvalue weighted by molar-refractivity contribution is 8.13. The molecule has 0 aliphatic heterocycles. The normalized spacial score (nSPS) is 18.8. The van der Waals surface area contributed by atoms with E-state index in [0.29, 0.717) is 24.0 Å². The van der Waals surface area contributed by atoms with E-state index in [1.165, 1.54) is 6.92 Å². The zero-order valence-corrected chi connectivity index (χ0v) is 12.5. The molecular weight excluding hydrogens is 292 g/mol. The van der Waals surface area contributed by atoms with E-state index in [2.05, 4.69) is 0 Å². The number of carboxylic acid groups (broad SMARTS) is 1. The van der Waals surface area contributed by atoms with Gasteiger partial charge in [0.25, 0.3) is 0 Å². The summed E-state index contributed by atoms with van der Waals surface area (Å²) in [4.78, 5) is 22.2. The van der Waals surface area contributed by atoms with Crippen LogP contribution in [0.3, 0.4) is 0 Å². The highest BCUT2D eigenvalue weighted by Crippen LogP contribution is 2.48. The molecule has 0 bridgehead atoms. The fourth-order valence-corrected chi connectivity index (χ4v) is 2.88. The molecule has 2 atom stereocenters. The Bertz CT molecular complexity index is 553. The number of carbonyl (C=O) groups excluding carboxylic acids is 1. The van der Waals surface area contributed by atoms with Crippen LogP contribution in [0.2, 0.25) is 0 Å². The van der Waals surface area contributed by atoms with Crippen LogP contribution in [0.5, 0.6) is 0 Å². The van der Waals surface area contributed by atoms with Gasteiger partial charge in [-0.2, -0.15) is 0 Å². The van der Waals surface area contributed by atoms with Gasteiger partial charge in [-0.25, -0.2) is 0 Å². The largest absolute Gasteiger partial charge is 0.481 e. The molecule has 0 heterocycles. The minimum Gasteiger partial charge on any atom is -0.481 e. The monoisotopic (exact) mass is 310 g/mol. The van der Waals surface area contributed by atoms with E-state index in [1.807, 2.05) is 0 Å². The van der Waals surface area contributed by atoms with Crippen molar-refractivity contribution < 1.29 is 24.9 Å². The zero-order valence-electron chi connectivity index (χ0n) is 11.7.